The van der Waals surface area contributed by atoms with Crippen molar-refractivity contribution in [2.24, 2.45) is 0 Å². The number of phenolic OH excluding ortho intramolecular Hbond substituents is 1. The van der Waals surface area contributed by atoms with Gasteiger partial charge in [0.05, 0.1) is 0 Å². The van der Waals surface area contributed by atoms with Gasteiger partial charge < -0.3 is 10.0 Å². The predicted octanol–water partition coefficient (Wildman–Crippen LogP) is 4.42. The van der Waals surface area contributed by atoms with Gasteiger partial charge in [-0.25, -0.2) is 0 Å². The van der Waals surface area contributed by atoms with E-state index in [0.29, 0.717) is 5.75 Å². The van der Waals surface area contributed by atoms with Gasteiger partial charge in [-0.2, -0.15) is 0 Å². The number of fused-ring (bicyclic) bond motifs is 1. The second-order valence-corrected chi connectivity index (χ2v) is 6.35. The summed E-state index contributed by atoms with van der Waals surface area (Å²) in [5.41, 5.74) is 5.01. The van der Waals surface area contributed by atoms with Crippen molar-refractivity contribution in [1.82, 2.24) is 0 Å². The molecule has 0 saturated carbocycles. The molecule has 0 amide bonds. The molecule has 2 aromatic rings. The lowest BCUT2D eigenvalue weighted by molar-refractivity contribution is 0.466. The molecule has 0 fully saturated rings. The highest BCUT2D eigenvalue weighted by molar-refractivity contribution is 9.10. The molecule has 0 aromatic heterocycles. The first kappa shape index (κ1) is 13.5. The molecule has 0 aliphatic carbocycles. The summed E-state index contributed by atoms with van der Waals surface area (Å²) in [6, 6.07) is 12.3. The molecule has 104 valence electrons. The molecule has 3 heteroatoms. The highest BCUT2D eigenvalue weighted by atomic mass is 79.9. The summed E-state index contributed by atoms with van der Waals surface area (Å²) in [7, 11) is 0. The Morgan fingerprint density at radius 1 is 1.20 bits per heavy atom. The van der Waals surface area contributed by atoms with Crippen molar-refractivity contribution in [3.8, 4) is 5.75 Å². The Morgan fingerprint density at radius 3 is 2.90 bits per heavy atom. The van der Waals surface area contributed by atoms with Gasteiger partial charge in [0.25, 0.3) is 0 Å². The fourth-order valence-electron chi connectivity index (χ4n) is 2.85. The van der Waals surface area contributed by atoms with Gasteiger partial charge in [0.15, 0.2) is 0 Å². The van der Waals surface area contributed by atoms with Crippen molar-refractivity contribution in [2.75, 3.05) is 11.4 Å². The van der Waals surface area contributed by atoms with Crippen LogP contribution in [0.25, 0.3) is 0 Å². The second kappa shape index (κ2) is 5.49. The number of phenols is 1. The molecule has 0 unspecified atom stereocenters. The molecule has 1 N–H and O–H groups in total. The molecule has 0 spiro atoms. The van der Waals surface area contributed by atoms with Crippen molar-refractivity contribution in [3.05, 3.63) is 57.6 Å². The average molecular weight is 332 g/mol. The Morgan fingerprint density at radius 2 is 2.05 bits per heavy atom. The number of rotatable bonds is 2. The van der Waals surface area contributed by atoms with Gasteiger partial charge >= 0.3 is 0 Å². The number of hydrogen-bond donors (Lipinski definition) is 1. The lowest BCUT2D eigenvalue weighted by atomic mass is 9.99. The largest absolute Gasteiger partial charge is 0.508 e. The van der Waals surface area contributed by atoms with Crippen molar-refractivity contribution >= 4 is 21.6 Å². The smallest absolute Gasteiger partial charge is 0.120 e. The standard InChI is InChI=1S/C17H18BrNO/c1-12-4-6-16-13(9-12)3-2-8-19(16)11-14-10-15(18)5-7-17(14)20/h4-7,9-10,20H,2-3,8,11H2,1H3. The fraction of sp³-hybridized carbons (Fsp3) is 0.294. The minimum absolute atomic E-state index is 0.368. The molecule has 2 aromatic carbocycles. The molecule has 20 heavy (non-hydrogen) atoms. The van der Waals surface area contributed by atoms with Crippen LogP contribution in [0.4, 0.5) is 5.69 Å². The van der Waals surface area contributed by atoms with Gasteiger partial charge in [0, 0.05) is 28.8 Å². The summed E-state index contributed by atoms with van der Waals surface area (Å²) in [5, 5.41) is 10.0. The maximum Gasteiger partial charge on any atom is 0.120 e. The van der Waals surface area contributed by atoms with Crippen LogP contribution in [0.15, 0.2) is 40.9 Å². The Balaban J connectivity index is 1.91. The Bertz CT molecular complexity index is 639. The summed E-state index contributed by atoms with van der Waals surface area (Å²) in [6.07, 6.45) is 2.32. The zero-order chi connectivity index (χ0) is 14.1. The van der Waals surface area contributed by atoms with E-state index < -0.39 is 0 Å². The normalized spacial score (nSPS) is 14.2. The second-order valence-electron chi connectivity index (χ2n) is 5.43. The van der Waals surface area contributed by atoms with Gasteiger partial charge in [0.1, 0.15) is 5.75 Å². The summed E-state index contributed by atoms with van der Waals surface area (Å²) < 4.78 is 1.01. The van der Waals surface area contributed by atoms with Crippen LogP contribution < -0.4 is 4.90 Å². The number of aryl methyl sites for hydroxylation is 2. The van der Waals surface area contributed by atoms with Gasteiger partial charge in [-0.3, -0.25) is 0 Å². The van der Waals surface area contributed by atoms with E-state index in [2.05, 4.69) is 46.0 Å². The van der Waals surface area contributed by atoms with Crippen LogP contribution in [0.2, 0.25) is 0 Å². The number of aromatic hydroxyl groups is 1. The van der Waals surface area contributed by atoms with Crippen LogP contribution in [0, 0.1) is 6.92 Å². The summed E-state index contributed by atoms with van der Waals surface area (Å²) >= 11 is 3.47. The quantitative estimate of drug-likeness (QED) is 0.880. The molecule has 1 aliphatic rings. The minimum Gasteiger partial charge on any atom is -0.508 e. The van der Waals surface area contributed by atoms with E-state index in [-0.39, 0.29) is 0 Å². The number of halogens is 1. The molecular formula is C17H18BrNO. The van der Waals surface area contributed by atoms with E-state index >= 15 is 0 Å². The van der Waals surface area contributed by atoms with Crippen LogP contribution in [0.3, 0.4) is 0 Å². The van der Waals surface area contributed by atoms with E-state index in [0.717, 1.165) is 29.5 Å². The van der Waals surface area contributed by atoms with Crippen molar-refractivity contribution in [3.63, 3.8) is 0 Å². The molecule has 1 aliphatic heterocycles. The zero-order valence-corrected chi connectivity index (χ0v) is 13.2. The Kier molecular flexibility index (Phi) is 3.70. The number of benzene rings is 2. The first-order valence-corrected chi connectivity index (χ1v) is 7.74. The number of nitrogens with zero attached hydrogens (tertiary/aromatic N) is 1. The van der Waals surface area contributed by atoms with E-state index in [1.165, 1.54) is 23.2 Å². The topological polar surface area (TPSA) is 23.5 Å². The third kappa shape index (κ3) is 2.68. The first-order chi connectivity index (χ1) is 9.63. The highest BCUT2D eigenvalue weighted by Gasteiger charge is 2.18. The van der Waals surface area contributed by atoms with Crippen LogP contribution in [0.1, 0.15) is 23.1 Å². The summed E-state index contributed by atoms with van der Waals surface area (Å²) in [5.74, 6) is 0.368. The van der Waals surface area contributed by atoms with Gasteiger partial charge in [-0.1, -0.05) is 33.6 Å². The molecule has 0 saturated heterocycles. The Hall–Kier alpha value is -1.48. The monoisotopic (exact) mass is 331 g/mol. The summed E-state index contributed by atoms with van der Waals surface area (Å²) in [4.78, 5) is 2.36. The average Bonchev–Trinajstić information content (AvgIpc) is 2.43. The van der Waals surface area contributed by atoms with Crippen molar-refractivity contribution in [2.45, 2.75) is 26.3 Å². The molecule has 3 rings (SSSR count). The van der Waals surface area contributed by atoms with E-state index in [1.807, 2.05) is 12.1 Å². The number of hydrogen-bond acceptors (Lipinski definition) is 2. The van der Waals surface area contributed by atoms with E-state index in [4.69, 9.17) is 0 Å². The van der Waals surface area contributed by atoms with Crippen molar-refractivity contribution in [1.29, 1.82) is 0 Å². The molecular weight excluding hydrogens is 314 g/mol. The SMILES string of the molecule is Cc1ccc2c(c1)CCCN2Cc1cc(Br)ccc1O. The highest BCUT2D eigenvalue weighted by Crippen LogP contribution is 2.31. The lowest BCUT2D eigenvalue weighted by Crippen LogP contribution is -2.28. The molecule has 0 atom stereocenters. The maximum atomic E-state index is 10.0. The third-order valence-corrected chi connectivity index (χ3v) is 4.35. The van der Waals surface area contributed by atoms with Crippen LogP contribution in [-0.2, 0) is 13.0 Å². The molecule has 0 radical (unpaired) electrons. The first-order valence-electron chi connectivity index (χ1n) is 6.95. The van der Waals surface area contributed by atoms with Gasteiger partial charge in [-0.15, -0.1) is 0 Å². The van der Waals surface area contributed by atoms with Gasteiger partial charge in [0.2, 0.25) is 0 Å². The molecule has 0 bridgehead atoms. The Labute approximate surface area is 128 Å². The maximum absolute atomic E-state index is 10.0. The minimum atomic E-state index is 0.368. The zero-order valence-electron chi connectivity index (χ0n) is 11.6. The third-order valence-electron chi connectivity index (χ3n) is 3.85. The van der Waals surface area contributed by atoms with E-state index in [1.54, 1.807) is 6.07 Å². The molecule has 1 heterocycles. The van der Waals surface area contributed by atoms with Crippen LogP contribution in [0.5, 0.6) is 5.75 Å². The van der Waals surface area contributed by atoms with Gasteiger partial charge in [-0.05, 0) is 49.6 Å². The van der Waals surface area contributed by atoms with Crippen LogP contribution in [-0.4, -0.2) is 11.7 Å². The lowest BCUT2D eigenvalue weighted by Gasteiger charge is -2.32. The summed E-state index contributed by atoms with van der Waals surface area (Å²) in [6.45, 7) is 3.93. The van der Waals surface area contributed by atoms with Crippen molar-refractivity contribution < 1.29 is 5.11 Å². The number of anilines is 1. The molecule has 2 nitrogen and oxygen atoms in total. The van der Waals surface area contributed by atoms with Crippen LogP contribution >= 0.6 is 15.9 Å². The van der Waals surface area contributed by atoms with E-state index in [9.17, 15) is 5.11 Å². The predicted molar refractivity (Wildman–Crippen MR) is 86.4 cm³/mol. The fourth-order valence-corrected chi connectivity index (χ4v) is 3.26.